The topological polar surface area (TPSA) is 42.1 Å². The summed E-state index contributed by atoms with van der Waals surface area (Å²) in [5.74, 6) is 0. The zero-order chi connectivity index (χ0) is 12.7. The molecule has 0 aliphatic carbocycles. The number of rotatable bonds is 7. The molecule has 3 heteroatoms. The maximum atomic E-state index is 5.97. The van der Waals surface area contributed by atoms with Crippen LogP contribution >= 0.6 is 0 Å². The van der Waals surface area contributed by atoms with Crippen LogP contribution in [0.5, 0.6) is 0 Å². The molecule has 0 saturated carbocycles. The van der Waals surface area contributed by atoms with Gasteiger partial charge in [0.2, 0.25) is 0 Å². The van der Waals surface area contributed by atoms with Gasteiger partial charge in [0.05, 0.1) is 0 Å². The molecule has 1 heterocycles. The average molecular weight is 235 g/mol. The molecular formula is C14H25N3. The lowest BCUT2D eigenvalue weighted by Gasteiger charge is -2.31. The Morgan fingerprint density at radius 1 is 1.29 bits per heavy atom. The van der Waals surface area contributed by atoms with E-state index < -0.39 is 0 Å². The maximum absolute atomic E-state index is 5.97. The van der Waals surface area contributed by atoms with Crippen LogP contribution in [0.25, 0.3) is 0 Å². The van der Waals surface area contributed by atoms with Crippen LogP contribution < -0.4 is 5.73 Å². The summed E-state index contributed by atoms with van der Waals surface area (Å²) in [6.45, 7) is 9.43. The first-order valence-corrected chi connectivity index (χ1v) is 6.59. The van der Waals surface area contributed by atoms with Gasteiger partial charge in [0.15, 0.2) is 0 Å². The molecule has 0 fully saturated rings. The van der Waals surface area contributed by atoms with Gasteiger partial charge in [-0.25, -0.2) is 0 Å². The molecule has 0 aliphatic heterocycles. The van der Waals surface area contributed by atoms with Gasteiger partial charge < -0.3 is 5.73 Å². The minimum absolute atomic E-state index is 0.309. The van der Waals surface area contributed by atoms with E-state index in [9.17, 15) is 0 Å². The number of aromatic nitrogens is 1. The van der Waals surface area contributed by atoms with Crippen LogP contribution in [0, 0.1) is 6.92 Å². The second-order valence-electron chi connectivity index (χ2n) is 4.52. The molecule has 17 heavy (non-hydrogen) atoms. The molecule has 3 nitrogen and oxygen atoms in total. The quantitative estimate of drug-likeness (QED) is 0.789. The highest BCUT2D eigenvalue weighted by Crippen LogP contribution is 2.22. The van der Waals surface area contributed by atoms with Crippen molar-refractivity contribution in [2.24, 2.45) is 5.73 Å². The Labute approximate surface area is 105 Å². The predicted octanol–water partition coefficient (Wildman–Crippen LogP) is 2.51. The molecule has 0 aromatic carbocycles. The van der Waals surface area contributed by atoms with E-state index in [0.717, 1.165) is 25.9 Å². The summed E-state index contributed by atoms with van der Waals surface area (Å²) in [6.07, 6.45) is 6.13. The van der Waals surface area contributed by atoms with E-state index >= 15 is 0 Å². The van der Waals surface area contributed by atoms with E-state index in [1.54, 1.807) is 0 Å². The van der Waals surface area contributed by atoms with Gasteiger partial charge in [-0.3, -0.25) is 9.88 Å². The summed E-state index contributed by atoms with van der Waals surface area (Å²) in [7, 11) is 0. The molecule has 0 aliphatic rings. The Balaban J connectivity index is 2.91. The second kappa shape index (κ2) is 7.41. The van der Waals surface area contributed by atoms with Crippen molar-refractivity contribution in [3.63, 3.8) is 0 Å². The molecule has 1 aromatic heterocycles. The molecule has 1 atom stereocenters. The van der Waals surface area contributed by atoms with E-state index in [4.69, 9.17) is 5.73 Å². The first kappa shape index (κ1) is 14.1. The third kappa shape index (κ3) is 3.79. The molecular weight excluding hydrogens is 210 g/mol. The highest BCUT2D eigenvalue weighted by molar-refractivity contribution is 5.25. The monoisotopic (exact) mass is 235 g/mol. The molecule has 0 radical (unpaired) electrons. The van der Waals surface area contributed by atoms with Gasteiger partial charge in [-0.05, 0) is 50.0 Å². The zero-order valence-corrected chi connectivity index (χ0v) is 11.3. The van der Waals surface area contributed by atoms with Crippen LogP contribution in [0.4, 0.5) is 0 Å². The van der Waals surface area contributed by atoms with Crippen LogP contribution in [-0.4, -0.2) is 29.5 Å². The Morgan fingerprint density at radius 2 is 1.94 bits per heavy atom. The van der Waals surface area contributed by atoms with Crippen molar-refractivity contribution < 1.29 is 0 Å². The standard InChI is InChI=1S/C14H25N3/c1-4-8-17(9-5-2)14(10-15)13-11-16-7-6-12(13)3/h6-7,11,14H,4-5,8-10,15H2,1-3H3. The fraction of sp³-hybridized carbons (Fsp3) is 0.643. The number of hydrogen-bond donors (Lipinski definition) is 1. The summed E-state index contributed by atoms with van der Waals surface area (Å²) in [4.78, 5) is 6.71. The Hall–Kier alpha value is -0.930. The van der Waals surface area contributed by atoms with Gasteiger partial charge in [-0.1, -0.05) is 13.8 Å². The van der Waals surface area contributed by atoms with E-state index in [0.29, 0.717) is 12.6 Å². The van der Waals surface area contributed by atoms with Crippen molar-refractivity contribution >= 4 is 0 Å². The van der Waals surface area contributed by atoms with E-state index in [-0.39, 0.29) is 0 Å². The van der Waals surface area contributed by atoms with Gasteiger partial charge in [0, 0.05) is 25.0 Å². The normalized spacial score (nSPS) is 13.0. The van der Waals surface area contributed by atoms with E-state index in [1.807, 2.05) is 12.4 Å². The Bertz CT molecular complexity index is 319. The SMILES string of the molecule is CCCN(CCC)C(CN)c1cnccc1C. The Kier molecular flexibility index (Phi) is 6.16. The van der Waals surface area contributed by atoms with Crippen molar-refractivity contribution in [1.82, 2.24) is 9.88 Å². The van der Waals surface area contributed by atoms with E-state index in [1.165, 1.54) is 11.1 Å². The first-order valence-electron chi connectivity index (χ1n) is 6.59. The molecule has 0 saturated heterocycles. The Morgan fingerprint density at radius 3 is 2.41 bits per heavy atom. The number of hydrogen-bond acceptors (Lipinski definition) is 3. The zero-order valence-electron chi connectivity index (χ0n) is 11.3. The molecule has 0 bridgehead atoms. The van der Waals surface area contributed by atoms with Crippen LogP contribution in [0.1, 0.15) is 43.9 Å². The summed E-state index contributed by atoms with van der Waals surface area (Å²) >= 11 is 0. The van der Waals surface area contributed by atoms with Crippen molar-refractivity contribution in [1.29, 1.82) is 0 Å². The largest absolute Gasteiger partial charge is 0.329 e. The minimum Gasteiger partial charge on any atom is -0.329 e. The summed E-state index contributed by atoms with van der Waals surface area (Å²) in [5.41, 5.74) is 8.53. The van der Waals surface area contributed by atoms with Gasteiger partial charge >= 0.3 is 0 Å². The predicted molar refractivity (Wildman–Crippen MR) is 72.9 cm³/mol. The third-order valence-electron chi connectivity index (χ3n) is 3.12. The molecule has 1 rings (SSSR count). The van der Waals surface area contributed by atoms with Crippen molar-refractivity contribution in [3.05, 3.63) is 29.6 Å². The lowest BCUT2D eigenvalue weighted by Crippen LogP contribution is -2.35. The minimum atomic E-state index is 0.309. The van der Waals surface area contributed by atoms with Gasteiger partial charge in [0.1, 0.15) is 0 Å². The van der Waals surface area contributed by atoms with Crippen molar-refractivity contribution in [3.8, 4) is 0 Å². The van der Waals surface area contributed by atoms with E-state index in [2.05, 4.69) is 36.7 Å². The summed E-state index contributed by atoms with van der Waals surface area (Å²) < 4.78 is 0. The highest BCUT2D eigenvalue weighted by Gasteiger charge is 2.19. The average Bonchev–Trinajstić information content (AvgIpc) is 2.33. The molecule has 1 aromatic rings. The maximum Gasteiger partial charge on any atom is 0.0488 e. The lowest BCUT2D eigenvalue weighted by atomic mass is 10.0. The number of aryl methyl sites for hydroxylation is 1. The van der Waals surface area contributed by atoms with Crippen LogP contribution in [0.2, 0.25) is 0 Å². The van der Waals surface area contributed by atoms with Gasteiger partial charge in [-0.15, -0.1) is 0 Å². The summed E-state index contributed by atoms with van der Waals surface area (Å²) in [5, 5.41) is 0. The molecule has 2 N–H and O–H groups in total. The fourth-order valence-corrected chi connectivity index (χ4v) is 2.30. The van der Waals surface area contributed by atoms with Crippen molar-refractivity contribution in [2.45, 2.75) is 39.7 Å². The molecule has 0 amide bonds. The fourth-order valence-electron chi connectivity index (χ4n) is 2.30. The molecule has 96 valence electrons. The summed E-state index contributed by atoms with van der Waals surface area (Å²) in [6, 6.07) is 2.37. The molecule has 0 spiro atoms. The number of pyridine rings is 1. The number of nitrogens with two attached hydrogens (primary N) is 1. The van der Waals surface area contributed by atoms with Gasteiger partial charge in [0.25, 0.3) is 0 Å². The third-order valence-corrected chi connectivity index (χ3v) is 3.12. The second-order valence-corrected chi connectivity index (χ2v) is 4.52. The van der Waals surface area contributed by atoms with Crippen LogP contribution in [0.3, 0.4) is 0 Å². The van der Waals surface area contributed by atoms with Crippen LogP contribution in [-0.2, 0) is 0 Å². The van der Waals surface area contributed by atoms with Crippen LogP contribution in [0.15, 0.2) is 18.5 Å². The number of nitrogens with zero attached hydrogens (tertiary/aromatic N) is 2. The first-order chi connectivity index (χ1) is 8.24. The highest BCUT2D eigenvalue weighted by atomic mass is 15.2. The molecule has 1 unspecified atom stereocenters. The van der Waals surface area contributed by atoms with Gasteiger partial charge in [-0.2, -0.15) is 0 Å². The smallest absolute Gasteiger partial charge is 0.0488 e. The van der Waals surface area contributed by atoms with Crippen molar-refractivity contribution in [2.75, 3.05) is 19.6 Å². The lowest BCUT2D eigenvalue weighted by molar-refractivity contribution is 0.201.